The molecule has 0 radical (unpaired) electrons. The lowest BCUT2D eigenvalue weighted by molar-refractivity contribution is -0.142. The Morgan fingerprint density at radius 2 is 1.89 bits per heavy atom. The molecule has 0 unspecified atom stereocenters. The van der Waals surface area contributed by atoms with Crippen molar-refractivity contribution in [3.05, 3.63) is 65.7 Å². The van der Waals surface area contributed by atoms with E-state index in [0.717, 1.165) is 29.7 Å². The van der Waals surface area contributed by atoms with Crippen LogP contribution in [0.25, 0.3) is 6.08 Å². The number of aryl methyl sites for hydroxylation is 1. The van der Waals surface area contributed by atoms with Gasteiger partial charge in [-0.25, -0.2) is 4.79 Å². The maximum absolute atomic E-state index is 12.5. The first kappa shape index (κ1) is 18.7. The highest BCUT2D eigenvalue weighted by atomic mass is 16.5. The lowest BCUT2D eigenvalue weighted by Crippen LogP contribution is -2.38. The van der Waals surface area contributed by atoms with Gasteiger partial charge < -0.3 is 14.4 Å². The average molecular weight is 365 g/mol. The Bertz CT molecular complexity index is 844. The summed E-state index contributed by atoms with van der Waals surface area (Å²) >= 11 is 0. The summed E-state index contributed by atoms with van der Waals surface area (Å²) in [4.78, 5) is 26.2. The number of carbonyl (C=O) groups excluding carboxylic acids is 2. The Labute approximate surface area is 159 Å². The number of esters is 1. The summed E-state index contributed by atoms with van der Waals surface area (Å²) in [6.45, 7) is 2.82. The van der Waals surface area contributed by atoms with Gasteiger partial charge in [0.25, 0.3) is 5.91 Å². The fourth-order valence-electron chi connectivity index (χ4n) is 3.11. The van der Waals surface area contributed by atoms with Crippen molar-refractivity contribution in [2.75, 3.05) is 24.7 Å². The van der Waals surface area contributed by atoms with Crippen molar-refractivity contribution in [1.29, 1.82) is 0 Å². The van der Waals surface area contributed by atoms with Crippen LogP contribution in [0, 0.1) is 0 Å². The minimum atomic E-state index is -0.556. The quantitative estimate of drug-likeness (QED) is 0.580. The second-order valence-corrected chi connectivity index (χ2v) is 6.19. The van der Waals surface area contributed by atoms with E-state index >= 15 is 0 Å². The molecule has 3 rings (SSSR count). The first-order chi connectivity index (χ1) is 13.2. The molecule has 1 heterocycles. The van der Waals surface area contributed by atoms with Gasteiger partial charge >= 0.3 is 5.97 Å². The fraction of sp³-hybridized carbons (Fsp3) is 0.273. The second-order valence-electron chi connectivity index (χ2n) is 6.19. The molecule has 140 valence electrons. The van der Waals surface area contributed by atoms with Crippen LogP contribution in [0.2, 0.25) is 0 Å². The van der Waals surface area contributed by atoms with Gasteiger partial charge in [0.2, 0.25) is 0 Å². The Hall–Kier alpha value is -3.08. The van der Waals surface area contributed by atoms with Crippen molar-refractivity contribution < 1.29 is 19.1 Å². The molecule has 0 spiro atoms. The van der Waals surface area contributed by atoms with Gasteiger partial charge in [-0.2, -0.15) is 0 Å². The van der Waals surface area contributed by atoms with Crippen LogP contribution in [-0.4, -0.2) is 31.6 Å². The van der Waals surface area contributed by atoms with Crippen molar-refractivity contribution in [3.8, 4) is 5.75 Å². The fourth-order valence-corrected chi connectivity index (χ4v) is 3.11. The van der Waals surface area contributed by atoms with Gasteiger partial charge in [0.15, 0.2) is 6.61 Å². The van der Waals surface area contributed by atoms with E-state index in [2.05, 4.69) is 0 Å². The number of amides is 1. The van der Waals surface area contributed by atoms with E-state index in [-0.39, 0.29) is 12.5 Å². The normalized spacial score (nSPS) is 13.3. The maximum atomic E-state index is 12.5. The minimum Gasteiger partial charge on any atom is -0.493 e. The number of hydrogen-bond acceptors (Lipinski definition) is 4. The van der Waals surface area contributed by atoms with E-state index in [1.807, 2.05) is 55.5 Å². The van der Waals surface area contributed by atoms with Crippen molar-refractivity contribution in [3.63, 3.8) is 0 Å². The second kappa shape index (κ2) is 9.03. The highest BCUT2D eigenvalue weighted by molar-refractivity contribution is 5.97. The van der Waals surface area contributed by atoms with Crippen LogP contribution < -0.4 is 9.64 Å². The third-order valence-electron chi connectivity index (χ3n) is 4.37. The molecule has 2 aromatic carbocycles. The molecule has 0 saturated carbocycles. The highest BCUT2D eigenvalue weighted by Crippen LogP contribution is 2.26. The van der Waals surface area contributed by atoms with Crippen LogP contribution in [-0.2, 0) is 20.7 Å². The number of benzene rings is 2. The molecule has 1 aliphatic rings. The number of para-hydroxylation sites is 2. The molecule has 27 heavy (non-hydrogen) atoms. The van der Waals surface area contributed by atoms with E-state index in [0.29, 0.717) is 18.9 Å². The summed E-state index contributed by atoms with van der Waals surface area (Å²) in [6, 6.07) is 15.3. The van der Waals surface area contributed by atoms with Crippen molar-refractivity contribution >= 4 is 23.6 Å². The Morgan fingerprint density at radius 3 is 2.74 bits per heavy atom. The Balaban J connectivity index is 1.58. The SMILES string of the molecule is CCOc1ccccc1/C=C/C(=O)OCC(=O)N1CCCc2ccccc21. The van der Waals surface area contributed by atoms with Crippen molar-refractivity contribution in [2.45, 2.75) is 19.8 Å². The minimum absolute atomic E-state index is 0.210. The monoisotopic (exact) mass is 365 g/mol. The smallest absolute Gasteiger partial charge is 0.331 e. The molecule has 0 bridgehead atoms. The molecule has 5 heteroatoms. The summed E-state index contributed by atoms with van der Waals surface area (Å²) in [7, 11) is 0. The standard InChI is InChI=1S/C22H23NO4/c1-2-26-20-12-6-4-9-18(20)13-14-22(25)27-16-21(24)23-15-7-10-17-8-3-5-11-19(17)23/h3-6,8-9,11-14H,2,7,10,15-16H2,1H3/b14-13+. The van der Waals surface area contributed by atoms with Crippen LogP contribution in [0.15, 0.2) is 54.6 Å². The summed E-state index contributed by atoms with van der Waals surface area (Å²) in [6.07, 6.45) is 4.82. The van der Waals surface area contributed by atoms with Gasteiger partial charge in [0, 0.05) is 23.9 Å². The van der Waals surface area contributed by atoms with Gasteiger partial charge in [-0.05, 0) is 43.5 Å². The van der Waals surface area contributed by atoms with Gasteiger partial charge in [-0.1, -0.05) is 36.4 Å². The molecular formula is C22H23NO4. The molecule has 5 nitrogen and oxygen atoms in total. The molecule has 0 aromatic heterocycles. The number of rotatable bonds is 6. The summed E-state index contributed by atoms with van der Waals surface area (Å²) in [5, 5.41) is 0. The predicted octanol–water partition coefficient (Wildman–Crippen LogP) is 3.62. The molecule has 0 atom stereocenters. The van der Waals surface area contributed by atoms with Crippen molar-refractivity contribution in [1.82, 2.24) is 0 Å². The van der Waals surface area contributed by atoms with Gasteiger partial charge in [-0.3, -0.25) is 4.79 Å². The number of hydrogen-bond donors (Lipinski definition) is 0. The molecule has 1 aliphatic heterocycles. The van der Waals surface area contributed by atoms with Crippen LogP contribution in [0.3, 0.4) is 0 Å². The lowest BCUT2D eigenvalue weighted by Gasteiger charge is -2.29. The van der Waals surface area contributed by atoms with E-state index in [1.54, 1.807) is 11.0 Å². The lowest BCUT2D eigenvalue weighted by atomic mass is 10.0. The third kappa shape index (κ3) is 4.76. The highest BCUT2D eigenvalue weighted by Gasteiger charge is 2.22. The molecule has 1 amide bonds. The van der Waals surface area contributed by atoms with E-state index in [4.69, 9.17) is 9.47 Å². The first-order valence-corrected chi connectivity index (χ1v) is 9.14. The first-order valence-electron chi connectivity index (χ1n) is 9.14. The zero-order chi connectivity index (χ0) is 19.1. The van der Waals surface area contributed by atoms with Crippen LogP contribution in [0.4, 0.5) is 5.69 Å². The molecule has 0 aliphatic carbocycles. The number of fused-ring (bicyclic) bond motifs is 1. The largest absolute Gasteiger partial charge is 0.493 e. The van der Waals surface area contributed by atoms with Gasteiger partial charge in [0.1, 0.15) is 5.75 Å². The number of nitrogens with zero attached hydrogens (tertiary/aromatic N) is 1. The average Bonchev–Trinajstić information content (AvgIpc) is 2.71. The predicted molar refractivity (Wildman–Crippen MR) is 105 cm³/mol. The summed E-state index contributed by atoms with van der Waals surface area (Å²) in [5.41, 5.74) is 2.84. The van der Waals surface area contributed by atoms with Crippen LogP contribution in [0.1, 0.15) is 24.5 Å². The van der Waals surface area contributed by atoms with Gasteiger partial charge in [0.05, 0.1) is 6.61 Å². The Kier molecular flexibility index (Phi) is 6.26. The summed E-state index contributed by atoms with van der Waals surface area (Å²) in [5.74, 6) is -0.0661. The molecule has 0 N–H and O–H groups in total. The van der Waals surface area contributed by atoms with E-state index in [1.165, 1.54) is 6.08 Å². The summed E-state index contributed by atoms with van der Waals surface area (Å²) < 4.78 is 10.7. The topological polar surface area (TPSA) is 55.8 Å². The number of anilines is 1. The number of ether oxygens (including phenoxy) is 2. The van der Waals surface area contributed by atoms with E-state index in [9.17, 15) is 9.59 Å². The zero-order valence-electron chi connectivity index (χ0n) is 15.4. The molecule has 0 fully saturated rings. The maximum Gasteiger partial charge on any atom is 0.331 e. The van der Waals surface area contributed by atoms with Crippen molar-refractivity contribution in [2.24, 2.45) is 0 Å². The van der Waals surface area contributed by atoms with E-state index < -0.39 is 5.97 Å². The zero-order valence-corrected chi connectivity index (χ0v) is 15.4. The molecule has 2 aromatic rings. The Morgan fingerprint density at radius 1 is 1.11 bits per heavy atom. The number of carbonyl (C=O) groups is 2. The third-order valence-corrected chi connectivity index (χ3v) is 4.37. The van der Waals surface area contributed by atoms with Gasteiger partial charge in [-0.15, -0.1) is 0 Å². The molecule has 0 saturated heterocycles. The van der Waals surface area contributed by atoms with Crippen LogP contribution >= 0.6 is 0 Å². The van der Waals surface area contributed by atoms with Crippen LogP contribution in [0.5, 0.6) is 5.75 Å². The molecular weight excluding hydrogens is 342 g/mol.